The number of nitrogens with two attached hydrogens (primary N) is 1. The fourth-order valence-electron chi connectivity index (χ4n) is 3.34. The molecule has 1 aromatic carbocycles. The summed E-state index contributed by atoms with van der Waals surface area (Å²) in [6, 6.07) is 11.6. The Hall–Kier alpha value is -2.67. The Morgan fingerprint density at radius 2 is 2.08 bits per heavy atom. The fraction of sp³-hybridized carbons (Fsp3) is 0.421. The molecule has 1 saturated heterocycles. The highest BCUT2D eigenvalue weighted by molar-refractivity contribution is 5.93. The average Bonchev–Trinajstić information content (AvgIpc) is 3.04. The van der Waals surface area contributed by atoms with Crippen LogP contribution in [0, 0.1) is 5.92 Å². The molecule has 3 N–H and O–H groups in total. The van der Waals surface area contributed by atoms with Crippen LogP contribution in [0.25, 0.3) is 11.3 Å². The molecule has 0 aliphatic carbocycles. The summed E-state index contributed by atoms with van der Waals surface area (Å²) >= 11 is 0. The van der Waals surface area contributed by atoms with Gasteiger partial charge in [-0.25, -0.2) is 0 Å². The Morgan fingerprint density at radius 1 is 1.31 bits per heavy atom. The fourth-order valence-corrected chi connectivity index (χ4v) is 3.34. The number of aromatic nitrogens is 2. The molecule has 2 amide bonds. The Labute approximate surface area is 153 Å². The quantitative estimate of drug-likeness (QED) is 0.809. The van der Waals surface area contributed by atoms with Gasteiger partial charge in [0.05, 0.1) is 11.6 Å². The van der Waals surface area contributed by atoms with Crippen molar-refractivity contribution in [2.75, 3.05) is 26.2 Å². The smallest absolute Gasteiger partial charge is 0.269 e. The number of amides is 2. The van der Waals surface area contributed by atoms with E-state index in [1.165, 1.54) is 0 Å². The van der Waals surface area contributed by atoms with Gasteiger partial charge in [0.2, 0.25) is 5.91 Å². The summed E-state index contributed by atoms with van der Waals surface area (Å²) in [6.07, 6.45) is 1.82. The summed E-state index contributed by atoms with van der Waals surface area (Å²) in [4.78, 5) is 26.0. The molecule has 0 radical (unpaired) electrons. The van der Waals surface area contributed by atoms with Gasteiger partial charge in [0.1, 0.15) is 5.69 Å². The third-order valence-electron chi connectivity index (χ3n) is 4.80. The number of nitrogens with one attached hydrogen (secondary N) is 1. The molecule has 3 rings (SSSR count). The zero-order valence-electron chi connectivity index (χ0n) is 15.0. The van der Waals surface area contributed by atoms with Gasteiger partial charge in [-0.1, -0.05) is 30.3 Å². The topological polar surface area (TPSA) is 93.2 Å². The number of benzene rings is 1. The van der Waals surface area contributed by atoms with Crippen molar-refractivity contribution in [1.82, 2.24) is 20.0 Å². The number of aryl methyl sites for hydroxylation is 1. The summed E-state index contributed by atoms with van der Waals surface area (Å²) in [5.41, 5.74) is 7.69. The SMILES string of the molecule is Cn1nc(-c2ccccc2)cc1C(=O)NCCN1CCC[C@H](C(N)=O)C1. The molecule has 7 nitrogen and oxygen atoms in total. The molecule has 2 heterocycles. The van der Waals surface area contributed by atoms with E-state index in [1.807, 2.05) is 30.3 Å². The van der Waals surface area contributed by atoms with Gasteiger partial charge in [0, 0.05) is 32.2 Å². The number of carbonyl (C=O) groups is 2. The Morgan fingerprint density at radius 3 is 2.81 bits per heavy atom. The van der Waals surface area contributed by atoms with Crippen molar-refractivity contribution in [2.24, 2.45) is 18.7 Å². The van der Waals surface area contributed by atoms with Gasteiger partial charge in [-0.3, -0.25) is 14.3 Å². The van der Waals surface area contributed by atoms with Crippen molar-refractivity contribution in [3.63, 3.8) is 0 Å². The third kappa shape index (κ3) is 4.29. The van der Waals surface area contributed by atoms with E-state index >= 15 is 0 Å². The van der Waals surface area contributed by atoms with Crippen LogP contribution in [0.5, 0.6) is 0 Å². The highest BCUT2D eigenvalue weighted by Gasteiger charge is 2.23. The number of hydrogen-bond donors (Lipinski definition) is 2. The molecule has 1 aliphatic rings. The number of piperidine rings is 1. The average molecular weight is 355 g/mol. The van der Waals surface area contributed by atoms with Crippen LogP contribution in [0.15, 0.2) is 36.4 Å². The predicted molar refractivity (Wildman–Crippen MR) is 99.3 cm³/mol. The number of primary amides is 1. The number of hydrogen-bond acceptors (Lipinski definition) is 4. The molecule has 0 bridgehead atoms. The number of rotatable bonds is 6. The van der Waals surface area contributed by atoms with E-state index in [2.05, 4.69) is 15.3 Å². The first-order valence-corrected chi connectivity index (χ1v) is 8.94. The van der Waals surface area contributed by atoms with Gasteiger partial charge in [-0.2, -0.15) is 5.10 Å². The van der Waals surface area contributed by atoms with Crippen LogP contribution in [-0.2, 0) is 11.8 Å². The van der Waals surface area contributed by atoms with E-state index in [0.29, 0.717) is 25.3 Å². The van der Waals surface area contributed by atoms with Gasteiger partial charge in [-0.05, 0) is 25.5 Å². The van der Waals surface area contributed by atoms with E-state index in [0.717, 1.165) is 30.6 Å². The molecule has 0 saturated carbocycles. The van der Waals surface area contributed by atoms with Crippen LogP contribution in [0.2, 0.25) is 0 Å². The van der Waals surface area contributed by atoms with E-state index < -0.39 is 0 Å². The second-order valence-electron chi connectivity index (χ2n) is 6.70. The standard InChI is InChI=1S/C19H25N5O2/c1-23-17(12-16(22-23)14-6-3-2-4-7-14)19(26)21-9-11-24-10-5-8-15(13-24)18(20)25/h2-4,6-7,12,15H,5,8-11,13H2,1H3,(H2,20,25)(H,21,26)/t15-/m0/s1. The third-order valence-corrected chi connectivity index (χ3v) is 4.80. The molecular formula is C19H25N5O2. The number of nitrogens with zero attached hydrogens (tertiary/aromatic N) is 3. The van der Waals surface area contributed by atoms with Crippen molar-refractivity contribution >= 4 is 11.8 Å². The summed E-state index contributed by atoms with van der Waals surface area (Å²) < 4.78 is 1.60. The van der Waals surface area contributed by atoms with Crippen LogP contribution in [0.4, 0.5) is 0 Å². The molecule has 26 heavy (non-hydrogen) atoms. The van der Waals surface area contributed by atoms with E-state index in [4.69, 9.17) is 5.73 Å². The zero-order valence-corrected chi connectivity index (χ0v) is 15.0. The van der Waals surface area contributed by atoms with E-state index in [9.17, 15) is 9.59 Å². The normalized spacial score (nSPS) is 17.8. The molecule has 1 fully saturated rings. The number of carbonyl (C=O) groups excluding carboxylic acids is 2. The molecule has 0 spiro atoms. The first-order valence-electron chi connectivity index (χ1n) is 8.94. The minimum atomic E-state index is -0.234. The highest BCUT2D eigenvalue weighted by atomic mass is 16.2. The first-order chi connectivity index (χ1) is 12.5. The number of likely N-dealkylation sites (tertiary alicyclic amines) is 1. The van der Waals surface area contributed by atoms with Gasteiger partial charge in [-0.15, -0.1) is 0 Å². The molecular weight excluding hydrogens is 330 g/mol. The van der Waals surface area contributed by atoms with Crippen molar-refractivity contribution in [3.8, 4) is 11.3 Å². The molecule has 1 atom stereocenters. The summed E-state index contributed by atoms with van der Waals surface area (Å²) in [5, 5.41) is 7.36. The monoisotopic (exact) mass is 355 g/mol. The van der Waals surface area contributed by atoms with Crippen LogP contribution < -0.4 is 11.1 Å². The Balaban J connectivity index is 1.54. The van der Waals surface area contributed by atoms with Crippen LogP contribution in [0.3, 0.4) is 0 Å². The molecule has 0 unspecified atom stereocenters. The van der Waals surface area contributed by atoms with Crippen molar-refractivity contribution < 1.29 is 9.59 Å². The van der Waals surface area contributed by atoms with Gasteiger partial charge < -0.3 is 16.0 Å². The van der Waals surface area contributed by atoms with Crippen LogP contribution in [-0.4, -0.2) is 52.7 Å². The maximum absolute atomic E-state index is 12.5. The Kier molecular flexibility index (Phi) is 5.68. The first kappa shape index (κ1) is 18.1. The van der Waals surface area contributed by atoms with Crippen LogP contribution in [0.1, 0.15) is 23.3 Å². The lowest BCUT2D eigenvalue weighted by Gasteiger charge is -2.31. The highest BCUT2D eigenvalue weighted by Crippen LogP contribution is 2.18. The van der Waals surface area contributed by atoms with Gasteiger partial charge >= 0.3 is 0 Å². The zero-order chi connectivity index (χ0) is 18.5. The summed E-state index contributed by atoms with van der Waals surface area (Å²) in [5.74, 6) is -0.461. The summed E-state index contributed by atoms with van der Waals surface area (Å²) in [7, 11) is 1.77. The predicted octanol–water partition coefficient (Wildman–Crippen LogP) is 1.01. The van der Waals surface area contributed by atoms with Gasteiger partial charge in [0.25, 0.3) is 5.91 Å². The molecule has 138 valence electrons. The summed E-state index contributed by atoms with van der Waals surface area (Å²) in [6.45, 7) is 2.84. The molecule has 2 aromatic rings. The lowest BCUT2D eigenvalue weighted by Crippen LogP contribution is -2.44. The largest absolute Gasteiger partial charge is 0.369 e. The van der Waals surface area contributed by atoms with Gasteiger partial charge in [0.15, 0.2) is 0 Å². The van der Waals surface area contributed by atoms with E-state index in [1.54, 1.807) is 17.8 Å². The van der Waals surface area contributed by atoms with E-state index in [-0.39, 0.29) is 17.7 Å². The minimum absolute atomic E-state index is 0.0787. The van der Waals surface area contributed by atoms with Crippen molar-refractivity contribution in [3.05, 3.63) is 42.1 Å². The Bertz CT molecular complexity index is 771. The second kappa shape index (κ2) is 8.14. The lowest BCUT2D eigenvalue weighted by atomic mass is 9.97. The minimum Gasteiger partial charge on any atom is -0.369 e. The van der Waals surface area contributed by atoms with Crippen molar-refractivity contribution in [2.45, 2.75) is 12.8 Å². The lowest BCUT2D eigenvalue weighted by molar-refractivity contribution is -0.123. The molecule has 1 aromatic heterocycles. The maximum Gasteiger partial charge on any atom is 0.269 e. The van der Waals surface area contributed by atoms with Crippen LogP contribution >= 0.6 is 0 Å². The second-order valence-corrected chi connectivity index (χ2v) is 6.70. The maximum atomic E-state index is 12.5. The molecule has 7 heteroatoms. The molecule has 1 aliphatic heterocycles. The van der Waals surface area contributed by atoms with Crippen molar-refractivity contribution in [1.29, 1.82) is 0 Å².